The number of rotatable bonds is 2. The third-order valence-electron chi connectivity index (χ3n) is 2.63. The predicted molar refractivity (Wildman–Crippen MR) is 61.2 cm³/mol. The normalized spacial score (nSPS) is 13.2. The van der Waals surface area contributed by atoms with Gasteiger partial charge in [0.05, 0.1) is 6.07 Å². The summed E-state index contributed by atoms with van der Waals surface area (Å²) in [5.41, 5.74) is 2.91. The van der Waals surface area contributed by atoms with E-state index in [0.29, 0.717) is 5.56 Å². The van der Waals surface area contributed by atoms with Crippen molar-refractivity contribution in [2.24, 2.45) is 0 Å². The van der Waals surface area contributed by atoms with Crippen LogP contribution in [0.2, 0.25) is 0 Å². The number of anilines is 1. The quantitative estimate of drug-likeness (QED) is 0.731. The molecule has 4 heteroatoms. The van der Waals surface area contributed by atoms with E-state index in [-0.39, 0.29) is 12.5 Å². The predicted octanol–water partition coefficient (Wildman–Crippen LogP) is 1.30. The Balaban J connectivity index is 2.17. The number of carbonyl (C=O) groups is 1. The molecule has 2 N–H and O–H groups in total. The summed E-state index contributed by atoms with van der Waals surface area (Å²) in [7, 11) is 0. The summed E-state index contributed by atoms with van der Waals surface area (Å²) in [6.07, 6.45) is 2.10. The lowest BCUT2D eigenvalue weighted by atomic mass is 10.0. The Morgan fingerprint density at radius 1 is 1.56 bits per heavy atom. The van der Waals surface area contributed by atoms with Crippen LogP contribution in [-0.4, -0.2) is 19.0 Å². The lowest BCUT2D eigenvalue weighted by Crippen LogP contribution is -2.24. The maximum atomic E-state index is 11.6. The fraction of sp³-hybridized carbons (Fsp3) is 0.333. The zero-order valence-corrected chi connectivity index (χ0v) is 8.92. The Bertz CT molecular complexity index is 448. The molecule has 1 aromatic carbocycles. The van der Waals surface area contributed by atoms with Gasteiger partial charge in [-0.25, -0.2) is 0 Å². The molecule has 0 spiro atoms. The van der Waals surface area contributed by atoms with E-state index in [4.69, 9.17) is 5.26 Å². The first kappa shape index (κ1) is 10.5. The molecule has 2 rings (SSSR count). The van der Waals surface area contributed by atoms with Crippen molar-refractivity contribution in [3.63, 3.8) is 0 Å². The van der Waals surface area contributed by atoms with E-state index in [1.807, 2.05) is 18.2 Å². The topological polar surface area (TPSA) is 64.9 Å². The average Bonchev–Trinajstić information content (AvgIpc) is 2.35. The van der Waals surface area contributed by atoms with Gasteiger partial charge in [-0.3, -0.25) is 4.79 Å². The van der Waals surface area contributed by atoms with Crippen molar-refractivity contribution >= 4 is 11.6 Å². The molecule has 0 radical (unpaired) electrons. The van der Waals surface area contributed by atoms with Gasteiger partial charge in [-0.15, -0.1) is 0 Å². The van der Waals surface area contributed by atoms with Gasteiger partial charge in [0.25, 0.3) is 5.91 Å². The fourth-order valence-corrected chi connectivity index (χ4v) is 1.84. The first-order chi connectivity index (χ1) is 7.81. The molecule has 1 heterocycles. The second-order valence-corrected chi connectivity index (χ2v) is 3.74. The summed E-state index contributed by atoms with van der Waals surface area (Å²) < 4.78 is 0. The van der Waals surface area contributed by atoms with E-state index in [1.165, 1.54) is 5.56 Å². The molecule has 0 saturated carbocycles. The Labute approximate surface area is 94.3 Å². The van der Waals surface area contributed by atoms with Crippen molar-refractivity contribution in [2.75, 3.05) is 18.4 Å². The van der Waals surface area contributed by atoms with E-state index in [2.05, 4.69) is 10.6 Å². The van der Waals surface area contributed by atoms with Gasteiger partial charge in [-0.05, 0) is 36.6 Å². The molecular formula is C12H13N3O. The second kappa shape index (κ2) is 4.67. The van der Waals surface area contributed by atoms with Gasteiger partial charge in [0, 0.05) is 17.8 Å². The summed E-state index contributed by atoms with van der Waals surface area (Å²) in [4.78, 5) is 11.6. The lowest BCUT2D eigenvalue weighted by molar-refractivity contribution is 0.0958. The number of nitriles is 1. The molecule has 4 nitrogen and oxygen atoms in total. The number of nitrogens with zero attached hydrogens (tertiary/aromatic N) is 1. The first-order valence-electron chi connectivity index (χ1n) is 5.33. The zero-order chi connectivity index (χ0) is 11.4. The standard InChI is InChI=1S/C12H13N3O/c13-5-7-15-12(16)10-3-4-11-9(8-10)2-1-6-14-11/h3-4,8,14H,1-2,6-7H2,(H,15,16). The maximum Gasteiger partial charge on any atom is 0.252 e. The van der Waals surface area contributed by atoms with Crippen LogP contribution in [0.15, 0.2) is 18.2 Å². The Kier molecular flexibility index (Phi) is 3.06. The molecular weight excluding hydrogens is 202 g/mol. The van der Waals surface area contributed by atoms with Gasteiger partial charge in [0.15, 0.2) is 0 Å². The average molecular weight is 215 g/mol. The van der Waals surface area contributed by atoms with Gasteiger partial charge >= 0.3 is 0 Å². The van der Waals surface area contributed by atoms with Gasteiger partial charge in [-0.1, -0.05) is 0 Å². The molecule has 0 fully saturated rings. The van der Waals surface area contributed by atoms with Crippen LogP contribution in [0.5, 0.6) is 0 Å². The van der Waals surface area contributed by atoms with Crippen molar-refractivity contribution < 1.29 is 4.79 Å². The van der Waals surface area contributed by atoms with Crippen molar-refractivity contribution in [1.82, 2.24) is 5.32 Å². The number of carbonyl (C=O) groups excluding carboxylic acids is 1. The van der Waals surface area contributed by atoms with Crippen LogP contribution in [0.3, 0.4) is 0 Å². The molecule has 0 unspecified atom stereocenters. The van der Waals surface area contributed by atoms with Gasteiger partial charge < -0.3 is 10.6 Å². The monoisotopic (exact) mass is 215 g/mol. The molecule has 0 atom stereocenters. The van der Waals surface area contributed by atoms with Crippen LogP contribution in [0.1, 0.15) is 22.3 Å². The van der Waals surface area contributed by atoms with E-state index in [0.717, 1.165) is 25.1 Å². The van der Waals surface area contributed by atoms with Crippen LogP contribution < -0.4 is 10.6 Å². The molecule has 0 bridgehead atoms. The minimum atomic E-state index is -0.185. The van der Waals surface area contributed by atoms with Crippen LogP contribution in [-0.2, 0) is 6.42 Å². The Hall–Kier alpha value is -2.02. The van der Waals surface area contributed by atoms with E-state index >= 15 is 0 Å². The number of hydrogen-bond donors (Lipinski definition) is 2. The Morgan fingerprint density at radius 2 is 2.44 bits per heavy atom. The van der Waals surface area contributed by atoms with Gasteiger partial charge in [0.1, 0.15) is 6.54 Å². The van der Waals surface area contributed by atoms with Crippen LogP contribution in [0.25, 0.3) is 0 Å². The highest BCUT2D eigenvalue weighted by Crippen LogP contribution is 2.22. The summed E-state index contributed by atoms with van der Waals surface area (Å²) in [5.74, 6) is -0.185. The van der Waals surface area contributed by atoms with Crippen LogP contribution in [0, 0.1) is 11.3 Å². The van der Waals surface area contributed by atoms with E-state index < -0.39 is 0 Å². The van der Waals surface area contributed by atoms with Gasteiger partial charge in [0.2, 0.25) is 0 Å². The van der Waals surface area contributed by atoms with Crippen LogP contribution in [0.4, 0.5) is 5.69 Å². The number of amides is 1. The van der Waals surface area contributed by atoms with Crippen molar-refractivity contribution in [3.05, 3.63) is 29.3 Å². The molecule has 16 heavy (non-hydrogen) atoms. The molecule has 0 saturated heterocycles. The Morgan fingerprint density at radius 3 is 3.25 bits per heavy atom. The smallest absolute Gasteiger partial charge is 0.252 e. The van der Waals surface area contributed by atoms with Crippen molar-refractivity contribution in [3.8, 4) is 6.07 Å². The largest absolute Gasteiger partial charge is 0.385 e. The summed E-state index contributed by atoms with van der Waals surface area (Å²) in [6.45, 7) is 1.04. The highest BCUT2D eigenvalue weighted by molar-refractivity contribution is 5.95. The third kappa shape index (κ3) is 2.14. The van der Waals surface area contributed by atoms with E-state index in [9.17, 15) is 4.79 Å². The van der Waals surface area contributed by atoms with Crippen molar-refractivity contribution in [2.45, 2.75) is 12.8 Å². The molecule has 1 aliphatic heterocycles. The molecule has 0 aromatic heterocycles. The molecule has 82 valence electrons. The number of hydrogen-bond acceptors (Lipinski definition) is 3. The van der Waals surface area contributed by atoms with Crippen LogP contribution >= 0.6 is 0 Å². The lowest BCUT2D eigenvalue weighted by Gasteiger charge is -2.18. The SMILES string of the molecule is N#CCNC(=O)c1ccc2c(c1)CCCN2. The van der Waals surface area contributed by atoms with Crippen molar-refractivity contribution in [1.29, 1.82) is 5.26 Å². The highest BCUT2D eigenvalue weighted by Gasteiger charge is 2.11. The summed E-state index contributed by atoms with van der Waals surface area (Å²) in [6, 6.07) is 7.49. The summed E-state index contributed by atoms with van der Waals surface area (Å²) in [5, 5.41) is 14.2. The molecule has 1 amide bonds. The number of benzene rings is 1. The number of fused-ring (bicyclic) bond motifs is 1. The molecule has 0 aliphatic carbocycles. The second-order valence-electron chi connectivity index (χ2n) is 3.74. The third-order valence-corrected chi connectivity index (χ3v) is 2.63. The summed E-state index contributed by atoms with van der Waals surface area (Å²) >= 11 is 0. The number of aryl methyl sites for hydroxylation is 1. The van der Waals surface area contributed by atoms with E-state index in [1.54, 1.807) is 6.07 Å². The molecule has 1 aliphatic rings. The first-order valence-corrected chi connectivity index (χ1v) is 5.33. The number of nitrogens with one attached hydrogen (secondary N) is 2. The minimum Gasteiger partial charge on any atom is -0.385 e. The minimum absolute atomic E-state index is 0.0498. The zero-order valence-electron chi connectivity index (χ0n) is 8.92. The maximum absolute atomic E-state index is 11.6. The fourth-order valence-electron chi connectivity index (χ4n) is 1.84. The van der Waals surface area contributed by atoms with Gasteiger partial charge in [-0.2, -0.15) is 5.26 Å². The highest BCUT2D eigenvalue weighted by atomic mass is 16.1. The molecule has 1 aromatic rings.